The second-order valence-electron chi connectivity index (χ2n) is 6.38. The molecule has 0 saturated heterocycles. The number of rotatable bonds is 17. The van der Waals surface area contributed by atoms with E-state index in [1.165, 1.54) is 44.9 Å². The second kappa shape index (κ2) is 19.2. The number of hydrogen-bond donors (Lipinski definition) is 0. The van der Waals surface area contributed by atoms with E-state index in [9.17, 15) is 22.6 Å². The van der Waals surface area contributed by atoms with E-state index in [0.29, 0.717) is 6.61 Å². The Bertz CT molecular complexity index is 480. The van der Waals surface area contributed by atoms with Gasteiger partial charge in [0.1, 0.15) is 6.61 Å². The molecule has 0 fully saturated rings. The van der Waals surface area contributed by atoms with Crippen LogP contribution in [0, 0.1) is 0 Å². The molecule has 154 valence electrons. The van der Waals surface area contributed by atoms with Crippen LogP contribution in [-0.2, 0) is 29.2 Å². The minimum atomic E-state index is -4.43. The summed E-state index contributed by atoms with van der Waals surface area (Å²) in [7, 11) is -4.43. The van der Waals surface area contributed by atoms with Crippen LogP contribution < -0.4 is 29.6 Å². The summed E-state index contributed by atoms with van der Waals surface area (Å²) >= 11 is 0. The molecule has 0 bridgehead atoms. The minimum Gasteiger partial charge on any atom is -0.748 e. The van der Waals surface area contributed by atoms with Crippen LogP contribution in [0.2, 0.25) is 0 Å². The number of unbranched alkanes of at least 4 members (excludes halogenated alkanes) is 9. The maximum Gasteiger partial charge on any atom is 1.00 e. The monoisotopic (exact) mass is 416 g/mol. The van der Waals surface area contributed by atoms with E-state index < -0.39 is 34.2 Å². The third-order valence-corrected chi connectivity index (χ3v) is 4.59. The van der Waals surface area contributed by atoms with E-state index >= 15 is 0 Å². The first kappa shape index (κ1) is 29.1. The van der Waals surface area contributed by atoms with Crippen LogP contribution in [0.1, 0.15) is 84.0 Å². The van der Waals surface area contributed by atoms with E-state index in [1.54, 1.807) is 0 Å². The fourth-order valence-electron chi connectivity index (χ4n) is 2.38. The zero-order valence-corrected chi connectivity index (χ0v) is 19.7. The Morgan fingerprint density at radius 1 is 0.741 bits per heavy atom. The second-order valence-corrected chi connectivity index (χ2v) is 7.91. The molecule has 0 aliphatic carbocycles. The quantitative estimate of drug-likeness (QED) is 0.145. The van der Waals surface area contributed by atoms with Crippen molar-refractivity contribution >= 4 is 22.1 Å². The molecule has 0 aliphatic heterocycles. The first-order chi connectivity index (χ1) is 12.3. The summed E-state index contributed by atoms with van der Waals surface area (Å²) in [5.41, 5.74) is 0. The minimum absolute atomic E-state index is 0. The molecule has 0 aromatic carbocycles. The molecule has 0 radical (unpaired) electrons. The van der Waals surface area contributed by atoms with Gasteiger partial charge < -0.3 is 14.0 Å². The molecule has 7 nitrogen and oxygen atoms in total. The normalized spacial score (nSPS) is 10.9. The summed E-state index contributed by atoms with van der Waals surface area (Å²) in [5.74, 6) is -2.06. The van der Waals surface area contributed by atoms with Crippen LogP contribution in [-0.4, -0.2) is 43.9 Å². The van der Waals surface area contributed by atoms with E-state index in [2.05, 4.69) is 11.7 Å². The first-order valence-corrected chi connectivity index (χ1v) is 11.2. The molecule has 0 spiro atoms. The standard InChI is InChI=1S/C18H34O7S.Na/c1-2-3-4-5-6-7-8-9-10-11-14-24-17(19)12-15-25-18(20)13-16-26(21,22)23;/h2-16H2,1H3,(H,21,22,23);/q;+1/p-1. The number of carbonyl (C=O) groups excluding carboxylic acids is 2. The summed E-state index contributed by atoms with van der Waals surface area (Å²) in [6.45, 7) is 2.40. The average molecular weight is 417 g/mol. The topological polar surface area (TPSA) is 110 Å². The molecule has 0 N–H and O–H groups in total. The van der Waals surface area contributed by atoms with E-state index in [-0.39, 0.29) is 42.6 Å². The number of ether oxygens (including phenoxy) is 2. The largest absolute Gasteiger partial charge is 1.00 e. The fourth-order valence-corrected chi connectivity index (χ4v) is 2.79. The number of carbonyl (C=O) groups is 2. The van der Waals surface area contributed by atoms with Crippen LogP contribution >= 0.6 is 0 Å². The van der Waals surface area contributed by atoms with Gasteiger partial charge in [-0.25, -0.2) is 8.42 Å². The van der Waals surface area contributed by atoms with Crippen molar-refractivity contribution in [3.05, 3.63) is 0 Å². The molecule has 0 saturated carbocycles. The predicted octanol–water partition coefficient (Wildman–Crippen LogP) is 0.323. The number of hydrogen-bond acceptors (Lipinski definition) is 7. The summed E-state index contributed by atoms with van der Waals surface area (Å²) in [6.07, 6.45) is 11.5. The molecule has 9 heteroatoms. The van der Waals surface area contributed by atoms with Crippen molar-refractivity contribution < 1.29 is 61.6 Å². The Kier molecular flexibility index (Phi) is 20.6. The summed E-state index contributed by atoms with van der Waals surface area (Å²) in [4.78, 5) is 22.6. The molecule has 0 aromatic rings. The van der Waals surface area contributed by atoms with Gasteiger partial charge in [0, 0.05) is 5.75 Å². The van der Waals surface area contributed by atoms with Gasteiger partial charge in [-0.1, -0.05) is 64.7 Å². The maximum atomic E-state index is 11.4. The van der Waals surface area contributed by atoms with Gasteiger partial charge in [0.05, 0.1) is 29.6 Å². The molecule has 0 aromatic heterocycles. The molecule has 0 heterocycles. The molecule has 0 amide bonds. The molecule has 0 unspecified atom stereocenters. The Balaban J connectivity index is 0. The van der Waals surface area contributed by atoms with Gasteiger partial charge in [-0.2, -0.15) is 0 Å². The van der Waals surface area contributed by atoms with Crippen LogP contribution in [0.15, 0.2) is 0 Å². The van der Waals surface area contributed by atoms with E-state index in [0.717, 1.165) is 19.3 Å². The van der Waals surface area contributed by atoms with Gasteiger partial charge in [0.25, 0.3) is 0 Å². The van der Waals surface area contributed by atoms with Crippen LogP contribution in [0.4, 0.5) is 0 Å². The van der Waals surface area contributed by atoms with Gasteiger partial charge in [0.2, 0.25) is 0 Å². The van der Waals surface area contributed by atoms with E-state index in [4.69, 9.17) is 4.74 Å². The van der Waals surface area contributed by atoms with Gasteiger partial charge in [-0.15, -0.1) is 0 Å². The van der Waals surface area contributed by atoms with Gasteiger partial charge in [-0.05, 0) is 6.42 Å². The smallest absolute Gasteiger partial charge is 0.748 e. The van der Waals surface area contributed by atoms with Crippen molar-refractivity contribution in [2.75, 3.05) is 19.0 Å². The molecular weight excluding hydrogens is 383 g/mol. The van der Waals surface area contributed by atoms with Crippen molar-refractivity contribution in [3.8, 4) is 0 Å². The molecular formula is C18H33NaO7S. The Morgan fingerprint density at radius 3 is 1.70 bits per heavy atom. The van der Waals surface area contributed by atoms with Crippen molar-refractivity contribution in [3.63, 3.8) is 0 Å². The summed E-state index contributed by atoms with van der Waals surface area (Å²) in [5, 5.41) is 0. The Labute approximate surface area is 186 Å². The predicted molar refractivity (Wildman–Crippen MR) is 97.6 cm³/mol. The first-order valence-electron chi connectivity index (χ1n) is 9.60. The van der Waals surface area contributed by atoms with Crippen molar-refractivity contribution in [2.24, 2.45) is 0 Å². The van der Waals surface area contributed by atoms with Gasteiger partial charge >= 0.3 is 41.5 Å². The Morgan fingerprint density at radius 2 is 1.19 bits per heavy atom. The van der Waals surface area contributed by atoms with Crippen LogP contribution in [0.5, 0.6) is 0 Å². The molecule has 0 rings (SSSR count). The summed E-state index contributed by atoms with van der Waals surface area (Å²) in [6, 6.07) is 0. The van der Waals surface area contributed by atoms with Crippen LogP contribution in [0.3, 0.4) is 0 Å². The van der Waals surface area contributed by atoms with Crippen molar-refractivity contribution in [1.29, 1.82) is 0 Å². The summed E-state index contributed by atoms with van der Waals surface area (Å²) < 4.78 is 40.8. The van der Waals surface area contributed by atoms with Crippen molar-refractivity contribution in [1.82, 2.24) is 0 Å². The third kappa shape index (κ3) is 23.8. The average Bonchev–Trinajstić information content (AvgIpc) is 2.57. The third-order valence-electron chi connectivity index (χ3n) is 3.89. The van der Waals surface area contributed by atoms with Crippen molar-refractivity contribution in [2.45, 2.75) is 84.0 Å². The van der Waals surface area contributed by atoms with Gasteiger partial charge in [-0.3, -0.25) is 9.59 Å². The fraction of sp³-hybridized carbons (Fsp3) is 0.889. The molecule has 0 atom stereocenters. The maximum absolute atomic E-state index is 11.4. The number of esters is 2. The van der Waals surface area contributed by atoms with Crippen LogP contribution in [0.25, 0.3) is 0 Å². The van der Waals surface area contributed by atoms with Gasteiger partial charge in [0.15, 0.2) is 0 Å². The molecule has 27 heavy (non-hydrogen) atoms. The Hall–Kier alpha value is -0.150. The SMILES string of the molecule is CCCCCCCCCCCCOC(=O)CCOC(=O)CCS(=O)(=O)[O-].[Na+]. The van der Waals surface area contributed by atoms with E-state index in [1.807, 2.05) is 0 Å². The molecule has 0 aliphatic rings. The zero-order chi connectivity index (χ0) is 19.7. The zero-order valence-electron chi connectivity index (χ0n) is 16.9.